The number of carbonyl (C=O) groups excluding carboxylic acids is 2. The topological polar surface area (TPSA) is 62.7 Å². The van der Waals surface area contributed by atoms with Crippen molar-refractivity contribution in [2.45, 2.75) is 26.4 Å². The van der Waals surface area contributed by atoms with Crippen LogP contribution in [0.1, 0.15) is 17.6 Å². The van der Waals surface area contributed by atoms with Crippen LogP contribution in [0.15, 0.2) is 5.38 Å². The Labute approximate surface area is 122 Å². The largest absolute Gasteiger partial charge is 0.383 e. The minimum absolute atomic E-state index is 0.0337. The Balaban J connectivity index is 2.05. The molecule has 2 rings (SSSR count). The van der Waals surface area contributed by atoms with Gasteiger partial charge in [-0.15, -0.1) is 11.3 Å². The second-order valence-corrected chi connectivity index (χ2v) is 5.87. The van der Waals surface area contributed by atoms with Crippen molar-refractivity contribution in [3.8, 4) is 0 Å². The van der Waals surface area contributed by atoms with Gasteiger partial charge in [0.25, 0.3) is 0 Å². The molecule has 1 fully saturated rings. The van der Waals surface area contributed by atoms with Crippen LogP contribution in [0.2, 0.25) is 0 Å². The van der Waals surface area contributed by atoms with E-state index in [-0.39, 0.29) is 18.4 Å². The first-order valence-corrected chi connectivity index (χ1v) is 7.39. The lowest BCUT2D eigenvalue weighted by molar-refractivity contribution is -0.156. The van der Waals surface area contributed by atoms with Crippen LogP contribution in [0.5, 0.6) is 0 Å². The first kappa shape index (κ1) is 14.9. The molecule has 1 aromatic rings. The Morgan fingerprint density at radius 3 is 2.85 bits per heavy atom. The smallest absolute Gasteiger partial charge is 0.245 e. The third-order valence-electron chi connectivity index (χ3n) is 3.35. The van der Waals surface area contributed by atoms with E-state index >= 15 is 0 Å². The number of hydrogen-bond donors (Lipinski definition) is 0. The summed E-state index contributed by atoms with van der Waals surface area (Å²) < 4.78 is 4.96. The van der Waals surface area contributed by atoms with Gasteiger partial charge in [-0.25, -0.2) is 4.98 Å². The minimum Gasteiger partial charge on any atom is -0.383 e. The average Bonchev–Trinajstić information content (AvgIpc) is 2.83. The molecule has 0 N–H and O–H groups in total. The van der Waals surface area contributed by atoms with E-state index in [1.807, 2.05) is 12.3 Å². The Morgan fingerprint density at radius 1 is 1.50 bits per heavy atom. The zero-order chi connectivity index (χ0) is 14.7. The highest BCUT2D eigenvalue weighted by atomic mass is 32.1. The van der Waals surface area contributed by atoms with Crippen molar-refractivity contribution in [2.24, 2.45) is 0 Å². The molecule has 20 heavy (non-hydrogen) atoms. The molecule has 1 saturated heterocycles. The molecular formula is C13H19N3O3S. The van der Waals surface area contributed by atoms with E-state index in [9.17, 15) is 9.59 Å². The number of amides is 2. The molecule has 0 unspecified atom stereocenters. The molecule has 1 aliphatic heterocycles. The van der Waals surface area contributed by atoms with Crippen LogP contribution < -0.4 is 0 Å². The van der Waals surface area contributed by atoms with Crippen LogP contribution in [0.3, 0.4) is 0 Å². The molecular weight excluding hydrogens is 278 g/mol. The van der Waals surface area contributed by atoms with Gasteiger partial charge < -0.3 is 14.5 Å². The summed E-state index contributed by atoms with van der Waals surface area (Å²) >= 11 is 1.55. The molecule has 1 aliphatic rings. The summed E-state index contributed by atoms with van der Waals surface area (Å²) in [5.74, 6) is -0.0764. The number of carbonyl (C=O) groups is 2. The fourth-order valence-corrected chi connectivity index (χ4v) is 2.82. The summed E-state index contributed by atoms with van der Waals surface area (Å²) in [5, 5.41) is 2.89. The van der Waals surface area contributed by atoms with Crippen LogP contribution >= 0.6 is 11.3 Å². The summed E-state index contributed by atoms with van der Waals surface area (Å²) in [7, 11) is 1.58. The maximum absolute atomic E-state index is 12.2. The molecule has 0 radical (unpaired) electrons. The number of hydrogen-bond acceptors (Lipinski definition) is 5. The Hall–Kier alpha value is -1.47. The van der Waals surface area contributed by atoms with E-state index < -0.39 is 6.04 Å². The number of piperazine rings is 1. The van der Waals surface area contributed by atoms with Gasteiger partial charge in [-0.1, -0.05) is 0 Å². The summed E-state index contributed by atoms with van der Waals surface area (Å²) in [4.78, 5) is 31.9. The number of thiazole rings is 1. The SMILES string of the molecule is COCCN1CC(=O)N(Cc2csc(C)n2)[C@@H](C)C1=O. The Bertz CT molecular complexity index is 503. The van der Waals surface area contributed by atoms with Crippen molar-refractivity contribution in [1.29, 1.82) is 0 Å². The van der Waals surface area contributed by atoms with E-state index in [4.69, 9.17) is 4.74 Å². The highest BCUT2D eigenvalue weighted by Crippen LogP contribution is 2.17. The minimum atomic E-state index is -0.449. The quantitative estimate of drug-likeness (QED) is 0.801. The Morgan fingerprint density at radius 2 is 2.25 bits per heavy atom. The van der Waals surface area contributed by atoms with Crippen molar-refractivity contribution in [3.05, 3.63) is 16.1 Å². The van der Waals surface area contributed by atoms with Gasteiger partial charge in [0, 0.05) is 19.0 Å². The van der Waals surface area contributed by atoms with E-state index in [2.05, 4.69) is 4.98 Å². The molecule has 7 heteroatoms. The van der Waals surface area contributed by atoms with Gasteiger partial charge in [-0.05, 0) is 13.8 Å². The maximum Gasteiger partial charge on any atom is 0.245 e. The first-order chi connectivity index (χ1) is 9.52. The third kappa shape index (κ3) is 3.16. The van der Waals surface area contributed by atoms with Gasteiger partial charge in [-0.2, -0.15) is 0 Å². The standard InChI is InChI=1S/C13H19N3O3S/c1-9-13(18)15(4-5-19-3)7-12(17)16(9)6-11-8-20-10(2)14-11/h8-9H,4-7H2,1-3H3/t9-/m0/s1. The van der Waals surface area contributed by atoms with Crippen LogP contribution in [-0.2, 0) is 20.9 Å². The van der Waals surface area contributed by atoms with Crippen molar-refractivity contribution in [1.82, 2.24) is 14.8 Å². The van der Waals surface area contributed by atoms with E-state index in [1.54, 1.807) is 35.2 Å². The fourth-order valence-electron chi connectivity index (χ4n) is 2.22. The molecule has 0 aliphatic carbocycles. The number of rotatable bonds is 5. The normalized spacial score (nSPS) is 19.9. The molecule has 1 aromatic heterocycles. The molecule has 2 amide bonds. The lowest BCUT2D eigenvalue weighted by Crippen LogP contribution is -2.58. The first-order valence-electron chi connectivity index (χ1n) is 6.51. The van der Waals surface area contributed by atoms with E-state index in [0.29, 0.717) is 19.7 Å². The molecule has 0 spiro atoms. The number of nitrogens with zero attached hydrogens (tertiary/aromatic N) is 3. The van der Waals surface area contributed by atoms with Gasteiger partial charge in [0.15, 0.2) is 0 Å². The molecule has 1 atom stereocenters. The maximum atomic E-state index is 12.2. The summed E-state index contributed by atoms with van der Waals surface area (Å²) in [6, 6.07) is -0.449. The summed E-state index contributed by atoms with van der Waals surface area (Å²) in [5.41, 5.74) is 0.839. The van der Waals surface area contributed by atoms with Crippen molar-refractivity contribution in [3.63, 3.8) is 0 Å². The van der Waals surface area contributed by atoms with Crippen LogP contribution in [0, 0.1) is 6.92 Å². The van der Waals surface area contributed by atoms with Gasteiger partial charge in [-0.3, -0.25) is 9.59 Å². The number of aromatic nitrogens is 1. The van der Waals surface area contributed by atoms with E-state index in [1.165, 1.54) is 0 Å². The fraction of sp³-hybridized carbons (Fsp3) is 0.615. The van der Waals surface area contributed by atoms with Gasteiger partial charge in [0.1, 0.15) is 6.04 Å². The number of methoxy groups -OCH3 is 1. The predicted molar refractivity (Wildman–Crippen MR) is 75.3 cm³/mol. The molecule has 0 saturated carbocycles. The lowest BCUT2D eigenvalue weighted by atomic mass is 10.1. The second-order valence-electron chi connectivity index (χ2n) is 4.81. The lowest BCUT2D eigenvalue weighted by Gasteiger charge is -2.38. The summed E-state index contributed by atoms with van der Waals surface area (Å²) in [6.45, 7) is 5.10. The zero-order valence-electron chi connectivity index (χ0n) is 12.0. The highest BCUT2D eigenvalue weighted by molar-refractivity contribution is 7.09. The number of ether oxygens (including phenoxy) is 1. The second kappa shape index (κ2) is 6.32. The highest BCUT2D eigenvalue weighted by Gasteiger charge is 2.36. The molecule has 2 heterocycles. The van der Waals surface area contributed by atoms with Gasteiger partial charge in [0.05, 0.1) is 30.4 Å². The van der Waals surface area contributed by atoms with E-state index in [0.717, 1.165) is 10.7 Å². The number of aryl methyl sites for hydroxylation is 1. The summed E-state index contributed by atoms with van der Waals surface area (Å²) in [6.07, 6.45) is 0. The molecule has 110 valence electrons. The van der Waals surface area contributed by atoms with Crippen LogP contribution in [0.4, 0.5) is 0 Å². The van der Waals surface area contributed by atoms with Gasteiger partial charge >= 0.3 is 0 Å². The zero-order valence-corrected chi connectivity index (χ0v) is 12.8. The van der Waals surface area contributed by atoms with Crippen LogP contribution in [0.25, 0.3) is 0 Å². The van der Waals surface area contributed by atoms with Crippen molar-refractivity contribution >= 4 is 23.2 Å². The predicted octanol–water partition coefficient (Wildman–Crippen LogP) is 0.657. The average molecular weight is 297 g/mol. The van der Waals surface area contributed by atoms with Crippen LogP contribution in [-0.4, -0.2) is 59.4 Å². The van der Waals surface area contributed by atoms with Crippen molar-refractivity contribution < 1.29 is 14.3 Å². The molecule has 6 nitrogen and oxygen atoms in total. The van der Waals surface area contributed by atoms with Crippen molar-refractivity contribution in [2.75, 3.05) is 26.8 Å². The third-order valence-corrected chi connectivity index (χ3v) is 4.17. The Kier molecular flexibility index (Phi) is 4.72. The van der Waals surface area contributed by atoms with Gasteiger partial charge in [0.2, 0.25) is 11.8 Å². The monoisotopic (exact) mass is 297 g/mol. The molecule has 0 aromatic carbocycles. The molecule has 0 bridgehead atoms.